The second kappa shape index (κ2) is 8.06. The molecule has 2 N–H and O–H groups in total. The largest absolute Gasteiger partial charge is 0.481 e. The number of hydrogen-bond donors (Lipinski definition) is 2. The summed E-state index contributed by atoms with van der Waals surface area (Å²) >= 11 is 0. The van der Waals surface area contributed by atoms with E-state index in [4.69, 9.17) is 9.84 Å². The zero-order valence-electron chi connectivity index (χ0n) is 10.1. The van der Waals surface area contributed by atoms with Crippen LogP contribution in [-0.4, -0.2) is 36.2 Å². The van der Waals surface area contributed by atoms with Crippen molar-refractivity contribution in [1.29, 1.82) is 0 Å². The standard InChI is InChI=1S/C12H21NO4/c14-11(5-3-6-12(15)16)13-8-7-10-4-1-2-9-17-10/h10H,1-9H2,(H,13,14)(H,15,16). The van der Waals surface area contributed by atoms with Gasteiger partial charge in [0.15, 0.2) is 0 Å². The Bertz CT molecular complexity index is 249. The van der Waals surface area contributed by atoms with E-state index in [-0.39, 0.29) is 24.9 Å². The van der Waals surface area contributed by atoms with Crippen molar-refractivity contribution in [3.63, 3.8) is 0 Å². The molecular weight excluding hydrogens is 222 g/mol. The summed E-state index contributed by atoms with van der Waals surface area (Å²) in [5, 5.41) is 11.2. The number of aliphatic carboxylic acids is 1. The molecule has 0 radical (unpaired) electrons. The minimum atomic E-state index is -0.853. The third-order valence-electron chi connectivity index (χ3n) is 2.86. The van der Waals surface area contributed by atoms with Crippen molar-refractivity contribution >= 4 is 11.9 Å². The molecule has 1 fully saturated rings. The molecule has 1 heterocycles. The number of carboxylic acid groups (broad SMARTS) is 1. The normalized spacial score (nSPS) is 19.9. The second-order valence-corrected chi connectivity index (χ2v) is 4.37. The average molecular weight is 243 g/mol. The fourth-order valence-corrected chi connectivity index (χ4v) is 1.90. The molecule has 0 spiro atoms. The van der Waals surface area contributed by atoms with Gasteiger partial charge in [-0.3, -0.25) is 9.59 Å². The number of nitrogens with one attached hydrogen (secondary N) is 1. The molecule has 1 unspecified atom stereocenters. The maximum absolute atomic E-state index is 11.3. The van der Waals surface area contributed by atoms with E-state index in [1.807, 2.05) is 0 Å². The van der Waals surface area contributed by atoms with Crippen LogP contribution in [0.2, 0.25) is 0 Å². The van der Waals surface area contributed by atoms with E-state index in [1.54, 1.807) is 0 Å². The van der Waals surface area contributed by atoms with Gasteiger partial charge in [-0.1, -0.05) is 0 Å². The summed E-state index contributed by atoms with van der Waals surface area (Å²) < 4.78 is 5.54. The Balaban J connectivity index is 1.97. The lowest BCUT2D eigenvalue weighted by Gasteiger charge is -2.22. The molecule has 0 aromatic heterocycles. The van der Waals surface area contributed by atoms with Crippen LogP contribution in [0.1, 0.15) is 44.9 Å². The summed E-state index contributed by atoms with van der Waals surface area (Å²) in [6, 6.07) is 0. The molecule has 0 aromatic carbocycles. The third-order valence-corrected chi connectivity index (χ3v) is 2.86. The van der Waals surface area contributed by atoms with Crippen molar-refractivity contribution < 1.29 is 19.4 Å². The summed E-state index contributed by atoms with van der Waals surface area (Å²) in [5.41, 5.74) is 0. The lowest BCUT2D eigenvalue weighted by Crippen LogP contribution is -2.29. The predicted molar refractivity (Wildman–Crippen MR) is 62.7 cm³/mol. The highest BCUT2D eigenvalue weighted by molar-refractivity contribution is 5.76. The first-order chi connectivity index (χ1) is 8.18. The van der Waals surface area contributed by atoms with Gasteiger partial charge in [-0.2, -0.15) is 0 Å². The SMILES string of the molecule is O=C(O)CCCC(=O)NCCC1CCCCO1. The third kappa shape index (κ3) is 6.94. The van der Waals surface area contributed by atoms with E-state index in [0.29, 0.717) is 13.0 Å². The van der Waals surface area contributed by atoms with Crippen molar-refractivity contribution in [2.75, 3.05) is 13.2 Å². The number of amides is 1. The topological polar surface area (TPSA) is 75.6 Å². The highest BCUT2D eigenvalue weighted by Gasteiger charge is 2.13. The smallest absolute Gasteiger partial charge is 0.303 e. The zero-order chi connectivity index (χ0) is 12.5. The quantitative estimate of drug-likeness (QED) is 0.707. The number of carboxylic acids is 1. The molecule has 1 amide bonds. The number of rotatable bonds is 7. The van der Waals surface area contributed by atoms with Crippen LogP contribution in [0.25, 0.3) is 0 Å². The molecular formula is C12H21NO4. The molecule has 5 heteroatoms. The van der Waals surface area contributed by atoms with E-state index in [0.717, 1.165) is 25.9 Å². The van der Waals surface area contributed by atoms with E-state index >= 15 is 0 Å². The highest BCUT2D eigenvalue weighted by Crippen LogP contribution is 2.14. The Hall–Kier alpha value is -1.10. The number of hydrogen-bond acceptors (Lipinski definition) is 3. The lowest BCUT2D eigenvalue weighted by molar-refractivity contribution is -0.137. The van der Waals surface area contributed by atoms with Crippen LogP contribution in [0.3, 0.4) is 0 Å². The van der Waals surface area contributed by atoms with Crippen molar-refractivity contribution in [2.24, 2.45) is 0 Å². The Morgan fingerprint density at radius 2 is 2.12 bits per heavy atom. The molecule has 0 aromatic rings. The van der Waals surface area contributed by atoms with Gasteiger partial charge in [0.05, 0.1) is 6.10 Å². The monoisotopic (exact) mass is 243 g/mol. The molecule has 1 rings (SSSR count). The van der Waals surface area contributed by atoms with Crippen LogP contribution < -0.4 is 5.32 Å². The Kier molecular flexibility index (Phi) is 6.62. The van der Waals surface area contributed by atoms with Gasteiger partial charge in [-0.15, -0.1) is 0 Å². The van der Waals surface area contributed by atoms with E-state index in [1.165, 1.54) is 6.42 Å². The van der Waals surface area contributed by atoms with Gasteiger partial charge in [-0.25, -0.2) is 0 Å². The van der Waals surface area contributed by atoms with E-state index in [9.17, 15) is 9.59 Å². The fourth-order valence-electron chi connectivity index (χ4n) is 1.90. The molecule has 0 aliphatic carbocycles. The van der Waals surface area contributed by atoms with Gasteiger partial charge in [0, 0.05) is 26.0 Å². The maximum Gasteiger partial charge on any atom is 0.303 e. The van der Waals surface area contributed by atoms with Crippen molar-refractivity contribution in [1.82, 2.24) is 5.32 Å². The Labute approximate surface area is 102 Å². The molecule has 5 nitrogen and oxygen atoms in total. The van der Waals surface area contributed by atoms with Crippen LogP contribution in [-0.2, 0) is 14.3 Å². The van der Waals surface area contributed by atoms with Crippen LogP contribution in [0.5, 0.6) is 0 Å². The number of ether oxygens (including phenoxy) is 1. The van der Waals surface area contributed by atoms with Gasteiger partial charge in [0.25, 0.3) is 0 Å². The molecule has 1 atom stereocenters. The Morgan fingerprint density at radius 3 is 2.76 bits per heavy atom. The fraction of sp³-hybridized carbons (Fsp3) is 0.833. The highest BCUT2D eigenvalue weighted by atomic mass is 16.5. The maximum atomic E-state index is 11.3. The molecule has 0 bridgehead atoms. The lowest BCUT2D eigenvalue weighted by atomic mass is 10.1. The molecule has 98 valence electrons. The first-order valence-corrected chi connectivity index (χ1v) is 6.28. The van der Waals surface area contributed by atoms with Gasteiger partial charge < -0.3 is 15.2 Å². The number of carbonyl (C=O) groups excluding carboxylic acids is 1. The zero-order valence-corrected chi connectivity index (χ0v) is 10.1. The Morgan fingerprint density at radius 1 is 1.29 bits per heavy atom. The summed E-state index contributed by atoms with van der Waals surface area (Å²) in [7, 11) is 0. The van der Waals surface area contributed by atoms with Crippen molar-refractivity contribution in [3.05, 3.63) is 0 Å². The summed E-state index contributed by atoms with van der Waals surface area (Å²) in [4.78, 5) is 21.6. The first-order valence-electron chi connectivity index (χ1n) is 6.28. The first kappa shape index (κ1) is 14.0. The minimum absolute atomic E-state index is 0.0547. The van der Waals surface area contributed by atoms with Gasteiger partial charge >= 0.3 is 5.97 Å². The van der Waals surface area contributed by atoms with E-state index in [2.05, 4.69) is 5.32 Å². The van der Waals surface area contributed by atoms with Crippen LogP contribution in [0, 0.1) is 0 Å². The molecule has 1 saturated heterocycles. The minimum Gasteiger partial charge on any atom is -0.481 e. The van der Waals surface area contributed by atoms with Crippen molar-refractivity contribution in [3.8, 4) is 0 Å². The number of carbonyl (C=O) groups is 2. The van der Waals surface area contributed by atoms with Gasteiger partial charge in [-0.05, 0) is 32.1 Å². The van der Waals surface area contributed by atoms with Crippen LogP contribution in [0.4, 0.5) is 0 Å². The second-order valence-electron chi connectivity index (χ2n) is 4.37. The van der Waals surface area contributed by atoms with Crippen molar-refractivity contribution in [2.45, 2.75) is 51.0 Å². The molecule has 1 aliphatic rings. The summed E-state index contributed by atoms with van der Waals surface area (Å²) in [6.07, 6.45) is 5.30. The summed E-state index contributed by atoms with van der Waals surface area (Å²) in [5.74, 6) is -0.921. The van der Waals surface area contributed by atoms with Crippen LogP contribution in [0.15, 0.2) is 0 Å². The molecule has 1 aliphatic heterocycles. The van der Waals surface area contributed by atoms with Gasteiger partial charge in [0.2, 0.25) is 5.91 Å². The molecule has 17 heavy (non-hydrogen) atoms. The van der Waals surface area contributed by atoms with E-state index < -0.39 is 5.97 Å². The van der Waals surface area contributed by atoms with Crippen LogP contribution >= 0.6 is 0 Å². The summed E-state index contributed by atoms with van der Waals surface area (Å²) in [6.45, 7) is 1.45. The average Bonchev–Trinajstić information content (AvgIpc) is 2.30. The predicted octanol–water partition coefficient (Wildman–Crippen LogP) is 1.32. The van der Waals surface area contributed by atoms with Gasteiger partial charge in [0.1, 0.15) is 0 Å². The molecule has 0 saturated carbocycles.